The molecule has 0 aliphatic rings. The van der Waals surface area contributed by atoms with Crippen molar-refractivity contribution in [1.29, 1.82) is 0 Å². The lowest BCUT2D eigenvalue weighted by Gasteiger charge is -2.27. The molecule has 5 nitrogen and oxygen atoms in total. The zero-order valence-corrected chi connectivity index (χ0v) is 15.4. The Morgan fingerprint density at radius 1 is 1.04 bits per heavy atom. The van der Waals surface area contributed by atoms with E-state index in [4.69, 9.17) is 9.84 Å². The molecule has 2 aromatic carbocycles. The minimum atomic E-state index is -1.01. The third kappa shape index (κ3) is 5.34. The molecule has 0 heterocycles. The van der Waals surface area contributed by atoms with Crippen molar-refractivity contribution in [3.63, 3.8) is 0 Å². The number of hydrogen-bond donors (Lipinski definition) is 1. The standard InChI is InChI=1S/C21H25NO4/c1-15(2)20(17-7-5-4-6-8-17)21(25)22(3)13-16-9-11-18(12-10-16)26-14-19(23)24/h4-12,15,20H,13-14H2,1-3H3,(H,23,24). The van der Waals surface area contributed by atoms with Gasteiger partial charge in [0.1, 0.15) is 5.75 Å². The van der Waals surface area contributed by atoms with Crippen LogP contribution in [-0.4, -0.2) is 35.5 Å². The van der Waals surface area contributed by atoms with Crippen molar-refractivity contribution in [3.8, 4) is 5.75 Å². The highest BCUT2D eigenvalue weighted by molar-refractivity contribution is 5.83. The highest BCUT2D eigenvalue weighted by Gasteiger charge is 2.26. The normalized spacial score (nSPS) is 11.8. The molecule has 0 saturated carbocycles. The number of hydrogen-bond acceptors (Lipinski definition) is 3. The van der Waals surface area contributed by atoms with E-state index in [1.165, 1.54) is 0 Å². The highest BCUT2D eigenvalue weighted by Crippen LogP contribution is 2.27. The van der Waals surface area contributed by atoms with E-state index in [0.717, 1.165) is 11.1 Å². The Morgan fingerprint density at radius 3 is 2.19 bits per heavy atom. The number of carboxylic acid groups (broad SMARTS) is 1. The molecule has 1 unspecified atom stereocenters. The SMILES string of the molecule is CC(C)C(C(=O)N(C)Cc1ccc(OCC(=O)O)cc1)c1ccccc1. The Labute approximate surface area is 154 Å². The molecule has 26 heavy (non-hydrogen) atoms. The molecule has 5 heteroatoms. The van der Waals surface area contributed by atoms with Crippen LogP contribution in [0.15, 0.2) is 54.6 Å². The van der Waals surface area contributed by atoms with Crippen LogP contribution < -0.4 is 4.74 Å². The first-order chi connectivity index (χ1) is 12.4. The van der Waals surface area contributed by atoms with E-state index < -0.39 is 5.97 Å². The second kappa shape index (κ2) is 9.04. The molecule has 0 bridgehead atoms. The summed E-state index contributed by atoms with van der Waals surface area (Å²) in [6.07, 6.45) is 0. The second-order valence-corrected chi connectivity index (χ2v) is 6.65. The van der Waals surface area contributed by atoms with Crippen LogP contribution in [0.25, 0.3) is 0 Å². The van der Waals surface area contributed by atoms with Crippen LogP contribution in [0.2, 0.25) is 0 Å². The average molecular weight is 355 g/mol. The van der Waals surface area contributed by atoms with Crippen molar-refractivity contribution in [2.45, 2.75) is 26.3 Å². The van der Waals surface area contributed by atoms with Crippen LogP contribution in [0.4, 0.5) is 0 Å². The summed E-state index contributed by atoms with van der Waals surface area (Å²) in [5.74, 6) is -0.426. The van der Waals surface area contributed by atoms with Gasteiger partial charge in [0.05, 0.1) is 5.92 Å². The number of carbonyl (C=O) groups excluding carboxylic acids is 1. The minimum absolute atomic E-state index is 0.0809. The van der Waals surface area contributed by atoms with Crippen LogP contribution >= 0.6 is 0 Å². The van der Waals surface area contributed by atoms with E-state index >= 15 is 0 Å². The minimum Gasteiger partial charge on any atom is -0.482 e. The fourth-order valence-corrected chi connectivity index (χ4v) is 2.90. The molecule has 1 amide bonds. The molecule has 2 rings (SSSR count). The Morgan fingerprint density at radius 2 is 1.65 bits per heavy atom. The van der Waals surface area contributed by atoms with Crippen LogP contribution in [0.1, 0.15) is 30.9 Å². The van der Waals surface area contributed by atoms with Crippen molar-refractivity contribution in [2.75, 3.05) is 13.7 Å². The Kier molecular flexibility index (Phi) is 6.78. The molecule has 0 aliphatic carbocycles. The number of likely N-dealkylation sites (N-methyl/N-ethyl adjacent to an activating group) is 1. The van der Waals surface area contributed by atoms with Gasteiger partial charge in [-0.1, -0.05) is 56.3 Å². The summed E-state index contributed by atoms with van der Waals surface area (Å²) in [7, 11) is 1.80. The quantitative estimate of drug-likeness (QED) is 0.786. The first kappa shape index (κ1) is 19.5. The van der Waals surface area contributed by atoms with Gasteiger partial charge in [-0.15, -0.1) is 0 Å². The average Bonchev–Trinajstić information content (AvgIpc) is 2.61. The molecule has 0 radical (unpaired) electrons. The Bertz CT molecular complexity index is 725. The van der Waals surface area contributed by atoms with Crippen molar-refractivity contribution in [2.24, 2.45) is 5.92 Å². The van der Waals surface area contributed by atoms with Crippen molar-refractivity contribution >= 4 is 11.9 Å². The number of amides is 1. The number of benzene rings is 2. The fraction of sp³-hybridized carbons (Fsp3) is 0.333. The number of ether oxygens (including phenoxy) is 1. The third-order valence-corrected chi connectivity index (χ3v) is 4.17. The number of rotatable bonds is 8. The van der Waals surface area contributed by atoms with E-state index in [1.54, 1.807) is 24.1 Å². The number of aliphatic carboxylic acids is 1. The third-order valence-electron chi connectivity index (χ3n) is 4.17. The molecule has 0 aromatic heterocycles. The Hall–Kier alpha value is -2.82. The van der Waals surface area contributed by atoms with Crippen LogP contribution in [0, 0.1) is 5.92 Å². The van der Waals surface area contributed by atoms with Gasteiger partial charge in [-0.25, -0.2) is 4.79 Å². The van der Waals surface area contributed by atoms with E-state index in [1.807, 2.05) is 42.5 Å². The molecule has 0 spiro atoms. The second-order valence-electron chi connectivity index (χ2n) is 6.65. The number of nitrogens with zero attached hydrogens (tertiary/aromatic N) is 1. The summed E-state index contributed by atoms with van der Waals surface area (Å²) in [6.45, 7) is 4.22. The van der Waals surface area contributed by atoms with E-state index in [9.17, 15) is 9.59 Å². The van der Waals surface area contributed by atoms with Crippen molar-refractivity contribution < 1.29 is 19.4 Å². The molecule has 0 fully saturated rings. The van der Waals surface area contributed by atoms with Gasteiger partial charge < -0.3 is 14.7 Å². The molecule has 2 aromatic rings. The first-order valence-corrected chi connectivity index (χ1v) is 8.62. The topological polar surface area (TPSA) is 66.8 Å². The van der Waals surface area contributed by atoms with Gasteiger partial charge >= 0.3 is 5.97 Å². The van der Waals surface area contributed by atoms with Gasteiger partial charge in [-0.3, -0.25) is 4.79 Å². The van der Waals surface area contributed by atoms with Gasteiger partial charge in [-0.05, 0) is 29.2 Å². The lowest BCUT2D eigenvalue weighted by Crippen LogP contribution is -2.33. The van der Waals surface area contributed by atoms with Gasteiger partial charge in [-0.2, -0.15) is 0 Å². The molecule has 138 valence electrons. The van der Waals surface area contributed by atoms with E-state index in [2.05, 4.69) is 13.8 Å². The van der Waals surface area contributed by atoms with Gasteiger partial charge in [0.15, 0.2) is 6.61 Å². The molecule has 1 atom stereocenters. The fourth-order valence-electron chi connectivity index (χ4n) is 2.90. The predicted octanol–water partition coefficient (Wildman–Crippen LogP) is 3.55. The summed E-state index contributed by atoms with van der Waals surface area (Å²) in [5.41, 5.74) is 1.98. The smallest absolute Gasteiger partial charge is 0.341 e. The maximum atomic E-state index is 13.0. The van der Waals surface area contributed by atoms with Gasteiger partial charge in [0, 0.05) is 13.6 Å². The first-order valence-electron chi connectivity index (χ1n) is 8.62. The molecular formula is C21H25NO4. The molecule has 1 N–H and O–H groups in total. The molecule has 0 saturated heterocycles. The maximum Gasteiger partial charge on any atom is 0.341 e. The Balaban J connectivity index is 2.04. The van der Waals surface area contributed by atoms with Crippen LogP contribution in [0.3, 0.4) is 0 Å². The number of carboxylic acids is 1. The maximum absolute atomic E-state index is 13.0. The van der Waals surface area contributed by atoms with Crippen molar-refractivity contribution in [3.05, 3.63) is 65.7 Å². The van der Waals surface area contributed by atoms with Gasteiger partial charge in [0.25, 0.3) is 0 Å². The summed E-state index contributed by atoms with van der Waals surface area (Å²) in [6, 6.07) is 16.9. The van der Waals surface area contributed by atoms with E-state index in [0.29, 0.717) is 12.3 Å². The zero-order chi connectivity index (χ0) is 19.1. The highest BCUT2D eigenvalue weighted by atomic mass is 16.5. The number of carbonyl (C=O) groups is 2. The molecule has 0 aliphatic heterocycles. The predicted molar refractivity (Wildman–Crippen MR) is 100 cm³/mol. The van der Waals surface area contributed by atoms with Crippen LogP contribution in [-0.2, 0) is 16.1 Å². The zero-order valence-electron chi connectivity index (χ0n) is 15.4. The van der Waals surface area contributed by atoms with Gasteiger partial charge in [0.2, 0.25) is 5.91 Å². The van der Waals surface area contributed by atoms with Crippen molar-refractivity contribution in [1.82, 2.24) is 4.90 Å². The molecular weight excluding hydrogens is 330 g/mol. The lowest BCUT2D eigenvalue weighted by molar-refractivity contribution is -0.139. The lowest BCUT2D eigenvalue weighted by atomic mass is 9.87. The summed E-state index contributed by atoms with van der Waals surface area (Å²) in [4.78, 5) is 25.2. The summed E-state index contributed by atoms with van der Waals surface area (Å²) in [5, 5.41) is 8.63. The summed E-state index contributed by atoms with van der Waals surface area (Å²) < 4.78 is 5.12. The van der Waals surface area contributed by atoms with E-state index in [-0.39, 0.29) is 24.3 Å². The monoisotopic (exact) mass is 355 g/mol. The largest absolute Gasteiger partial charge is 0.482 e. The van der Waals surface area contributed by atoms with Crippen LogP contribution in [0.5, 0.6) is 5.75 Å². The summed E-state index contributed by atoms with van der Waals surface area (Å²) >= 11 is 0.